The highest BCUT2D eigenvalue weighted by Crippen LogP contribution is 2.31. The van der Waals surface area contributed by atoms with Crippen molar-refractivity contribution in [2.45, 2.75) is 38.3 Å². The molecule has 30 heavy (non-hydrogen) atoms. The SMILES string of the molecule is C[C@H]1OC(=O)[C@H](N(Cc2ccc(I)cc2)C(=O)NCc2ccccc2)[C@@H]1[C@H](O)CO. The van der Waals surface area contributed by atoms with Crippen molar-refractivity contribution in [1.82, 2.24) is 10.2 Å². The Morgan fingerprint density at radius 3 is 2.47 bits per heavy atom. The van der Waals surface area contributed by atoms with Gasteiger partial charge in [-0.15, -0.1) is 0 Å². The van der Waals surface area contributed by atoms with E-state index in [1.165, 1.54) is 4.90 Å². The van der Waals surface area contributed by atoms with Gasteiger partial charge in [-0.05, 0) is 52.8 Å². The van der Waals surface area contributed by atoms with Crippen LogP contribution in [0.25, 0.3) is 0 Å². The molecule has 0 saturated carbocycles. The Bertz CT molecular complexity index is 862. The topological polar surface area (TPSA) is 99.1 Å². The summed E-state index contributed by atoms with van der Waals surface area (Å²) in [6, 6.07) is 15.6. The van der Waals surface area contributed by atoms with E-state index in [-0.39, 0.29) is 6.54 Å². The van der Waals surface area contributed by atoms with Crippen LogP contribution in [-0.4, -0.2) is 52.0 Å². The maximum Gasteiger partial charge on any atom is 0.329 e. The second-order valence-electron chi connectivity index (χ2n) is 7.31. The fraction of sp³-hybridized carbons (Fsp3) is 0.364. The zero-order valence-corrected chi connectivity index (χ0v) is 18.7. The first kappa shape index (κ1) is 22.5. The van der Waals surface area contributed by atoms with Crippen molar-refractivity contribution in [2.24, 2.45) is 5.92 Å². The first-order valence-corrected chi connectivity index (χ1v) is 10.8. The molecule has 2 amide bonds. The quantitative estimate of drug-likeness (QED) is 0.382. The molecule has 1 fully saturated rings. The molecule has 0 spiro atoms. The molecule has 4 atom stereocenters. The van der Waals surface area contributed by atoms with Crippen molar-refractivity contribution in [2.75, 3.05) is 6.61 Å². The number of cyclic esters (lactones) is 1. The van der Waals surface area contributed by atoms with Crippen LogP contribution in [0, 0.1) is 9.49 Å². The lowest BCUT2D eigenvalue weighted by molar-refractivity contribution is -0.144. The number of nitrogens with one attached hydrogen (secondary N) is 1. The number of halogens is 1. The molecule has 0 aliphatic carbocycles. The number of carbonyl (C=O) groups is 2. The maximum absolute atomic E-state index is 13.1. The molecule has 0 aromatic heterocycles. The van der Waals surface area contributed by atoms with Crippen molar-refractivity contribution >= 4 is 34.6 Å². The number of esters is 1. The minimum Gasteiger partial charge on any atom is -0.461 e. The molecule has 8 heteroatoms. The van der Waals surface area contributed by atoms with Gasteiger partial charge >= 0.3 is 12.0 Å². The van der Waals surface area contributed by atoms with Gasteiger partial charge in [-0.3, -0.25) is 0 Å². The van der Waals surface area contributed by atoms with Crippen molar-refractivity contribution < 1.29 is 24.5 Å². The molecule has 7 nitrogen and oxygen atoms in total. The highest BCUT2D eigenvalue weighted by atomic mass is 127. The second-order valence-corrected chi connectivity index (χ2v) is 8.56. The summed E-state index contributed by atoms with van der Waals surface area (Å²) in [7, 11) is 0. The number of hydrogen-bond donors (Lipinski definition) is 3. The molecular weight excluding hydrogens is 499 g/mol. The second kappa shape index (κ2) is 10.2. The van der Waals surface area contributed by atoms with Crippen LogP contribution in [0.1, 0.15) is 18.1 Å². The Morgan fingerprint density at radius 1 is 1.17 bits per heavy atom. The number of aliphatic hydroxyl groups is 2. The number of aliphatic hydroxyl groups excluding tert-OH is 2. The molecule has 2 aromatic rings. The Hall–Kier alpha value is -2.17. The zero-order valence-electron chi connectivity index (χ0n) is 16.6. The number of carbonyl (C=O) groups excluding carboxylic acids is 2. The first-order chi connectivity index (χ1) is 14.4. The van der Waals surface area contributed by atoms with E-state index in [9.17, 15) is 19.8 Å². The summed E-state index contributed by atoms with van der Waals surface area (Å²) in [5.41, 5.74) is 1.77. The predicted molar refractivity (Wildman–Crippen MR) is 119 cm³/mol. The smallest absolute Gasteiger partial charge is 0.329 e. The van der Waals surface area contributed by atoms with Crippen LogP contribution in [-0.2, 0) is 22.6 Å². The Balaban J connectivity index is 1.86. The molecular formula is C22H25IN2O5. The molecule has 0 bridgehead atoms. The minimum absolute atomic E-state index is 0.165. The number of nitrogens with zero attached hydrogens (tertiary/aromatic N) is 1. The van der Waals surface area contributed by atoms with Crippen LogP contribution < -0.4 is 5.32 Å². The van der Waals surface area contributed by atoms with Gasteiger partial charge in [0.2, 0.25) is 0 Å². The Morgan fingerprint density at radius 2 is 1.83 bits per heavy atom. The number of urea groups is 1. The first-order valence-electron chi connectivity index (χ1n) is 9.73. The normalized spacial score (nSPS) is 21.7. The summed E-state index contributed by atoms with van der Waals surface area (Å²) >= 11 is 2.20. The molecule has 3 rings (SSSR count). The van der Waals surface area contributed by atoms with E-state index < -0.39 is 42.8 Å². The monoisotopic (exact) mass is 524 g/mol. The van der Waals surface area contributed by atoms with Gasteiger partial charge in [-0.1, -0.05) is 42.5 Å². The molecule has 2 aromatic carbocycles. The Kier molecular flexibility index (Phi) is 7.68. The fourth-order valence-corrected chi connectivity index (χ4v) is 4.04. The summed E-state index contributed by atoms with van der Waals surface area (Å²) < 4.78 is 6.38. The molecule has 1 aliphatic rings. The van der Waals surface area contributed by atoms with E-state index >= 15 is 0 Å². The lowest BCUT2D eigenvalue weighted by Gasteiger charge is -2.32. The van der Waals surface area contributed by atoms with Crippen LogP contribution in [0.3, 0.4) is 0 Å². The summed E-state index contributed by atoms with van der Waals surface area (Å²) in [4.78, 5) is 27.2. The molecule has 160 valence electrons. The number of rotatable bonds is 7. The molecule has 1 heterocycles. The third-order valence-corrected chi connectivity index (χ3v) is 5.95. The zero-order chi connectivity index (χ0) is 21.7. The third kappa shape index (κ3) is 5.30. The molecule has 0 radical (unpaired) electrons. The molecule has 3 N–H and O–H groups in total. The van der Waals surface area contributed by atoms with Crippen LogP contribution >= 0.6 is 22.6 Å². The Labute approximate surface area is 189 Å². The molecule has 0 unspecified atom stereocenters. The number of amides is 2. The highest BCUT2D eigenvalue weighted by molar-refractivity contribution is 14.1. The largest absolute Gasteiger partial charge is 0.461 e. The summed E-state index contributed by atoms with van der Waals surface area (Å²) in [5, 5.41) is 22.6. The van der Waals surface area contributed by atoms with E-state index in [1.807, 2.05) is 54.6 Å². The van der Waals surface area contributed by atoms with Gasteiger partial charge in [0.15, 0.2) is 0 Å². The number of ether oxygens (including phenoxy) is 1. The standard InChI is InChI=1S/C22H25IN2O5/c1-14-19(18(27)13-26)20(21(28)30-14)25(12-16-7-9-17(23)10-8-16)22(29)24-11-15-5-3-2-4-6-15/h2-10,14,18-20,26-27H,11-13H2,1H3,(H,24,29)/t14-,18-,19+,20-/m1/s1. The molecule has 1 saturated heterocycles. The summed E-state index contributed by atoms with van der Waals surface area (Å²) in [6.07, 6.45) is -1.80. The number of benzene rings is 2. The average Bonchev–Trinajstić information content (AvgIpc) is 3.05. The lowest BCUT2D eigenvalue weighted by atomic mass is 9.90. The van der Waals surface area contributed by atoms with Crippen molar-refractivity contribution in [3.05, 3.63) is 69.3 Å². The van der Waals surface area contributed by atoms with Crippen molar-refractivity contribution in [3.63, 3.8) is 0 Å². The van der Waals surface area contributed by atoms with Gasteiger partial charge < -0.3 is 25.2 Å². The average molecular weight is 524 g/mol. The van der Waals surface area contributed by atoms with Crippen LogP contribution in [0.5, 0.6) is 0 Å². The van der Waals surface area contributed by atoms with Crippen LogP contribution in [0.15, 0.2) is 54.6 Å². The van der Waals surface area contributed by atoms with Crippen molar-refractivity contribution in [1.29, 1.82) is 0 Å². The summed E-state index contributed by atoms with van der Waals surface area (Å²) in [6.45, 7) is 1.60. The summed E-state index contributed by atoms with van der Waals surface area (Å²) in [5.74, 6) is -1.31. The minimum atomic E-state index is -1.18. The third-order valence-electron chi connectivity index (χ3n) is 5.23. The predicted octanol–water partition coefficient (Wildman–Crippen LogP) is 2.29. The van der Waals surface area contributed by atoms with Crippen LogP contribution in [0.2, 0.25) is 0 Å². The van der Waals surface area contributed by atoms with Crippen molar-refractivity contribution in [3.8, 4) is 0 Å². The van der Waals surface area contributed by atoms with E-state index in [0.29, 0.717) is 6.54 Å². The van der Waals surface area contributed by atoms with Gasteiger partial charge in [0.05, 0.1) is 18.6 Å². The van der Waals surface area contributed by atoms with E-state index in [1.54, 1.807) is 6.92 Å². The van der Waals surface area contributed by atoms with E-state index in [0.717, 1.165) is 14.7 Å². The van der Waals surface area contributed by atoms with E-state index in [4.69, 9.17) is 4.74 Å². The van der Waals surface area contributed by atoms with Gasteiger partial charge in [0.1, 0.15) is 12.1 Å². The number of hydrogen-bond acceptors (Lipinski definition) is 5. The highest BCUT2D eigenvalue weighted by Gasteiger charge is 2.50. The lowest BCUT2D eigenvalue weighted by Crippen LogP contribution is -2.53. The van der Waals surface area contributed by atoms with Gasteiger partial charge in [-0.25, -0.2) is 9.59 Å². The van der Waals surface area contributed by atoms with Gasteiger partial charge in [0.25, 0.3) is 0 Å². The fourth-order valence-electron chi connectivity index (χ4n) is 3.68. The molecule has 1 aliphatic heterocycles. The van der Waals surface area contributed by atoms with Gasteiger partial charge in [0, 0.05) is 16.7 Å². The van der Waals surface area contributed by atoms with Crippen LogP contribution in [0.4, 0.5) is 4.79 Å². The van der Waals surface area contributed by atoms with E-state index in [2.05, 4.69) is 27.9 Å². The van der Waals surface area contributed by atoms with Gasteiger partial charge in [-0.2, -0.15) is 0 Å². The maximum atomic E-state index is 13.1.